The highest BCUT2D eigenvalue weighted by Crippen LogP contribution is 2.10. The Hall–Kier alpha value is -1.23. The molecule has 0 fully saturated rings. The summed E-state index contributed by atoms with van der Waals surface area (Å²) < 4.78 is 0. The van der Waals surface area contributed by atoms with Crippen molar-refractivity contribution in [3.63, 3.8) is 0 Å². The van der Waals surface area contributed by atoms with Gasteiger partial charge in [-0.25, -0.2) is 10.4 Å². The molecular formula is C8H11N3OS. The fraction of sp³-hybridized carbons (Fsp3) is 0.375. The molecule has 5 heteroatoms. The van der Waals surface area contributed by atoms with E-state index in [1.807, 2.05) is 20.8 Å². The van der Waals surface area contributed by atoms with Crippen molar-refractivity contribution in [2.24, 2.45) is 5.10 Å². The summed E-state index contributed by atoms with van der Waals surface area (Å²) in [6.45, 7) is 5.48. The molecule has 1 amide bonds. The van der Waals surface area contributed by atoms with Crippen LogP contribution in [0.4, 0.5) is 0 Å². The number of rotatable bonds is 2. The van der Waals surface area contributed by atoms with Crippen molar-refractivity contribution in [1.29, 1.82) is 0 Å². The molecule has 0 spiro atoms. The minimum Gasteiger partial charge on any atom is -0.266 e. The first kappa shape index (κ1) is 9.85. The zero-order valence-corrected chi connectivity index (χ0v) is 8.60. The van der Waals surface area contributed by atoms with Crippen molar-refractivity contribution in [1.82, 2.24) is 10.4 Å². The van der Waals surface area contributed by atoms with Gasteiger partial charge in [0.25, 0.3) is 5.91 Å². The predicted molar refractivity (Wildman–Crippen MR) is 53.1 cm³/mol. The molecule has 0 aliphatic carbocycles. The first-order valence-electron chi connectivity index (χ1n) is 3.82. The Bertz CT molecular complexity index is 339. The maximum absolute atomic E-state index is 11.4. The summed E-state index contributed by atoms with van der Waals surface area (Å²) in [5, 5.41) is 3.80. The van der Waals surface area contributed by atoms with Crippen LogP contribution in [0.25, 0.3) is 0 Å². The van der Waals surface area contributed by atoms with E-state index in [4.69, 9.17) is 0 Å². The number of carbonyl (C=O) groups excluding carboxylic acids is 1. The third-order valence-electron chi connectivity index (χ3n) is 1.34. The lowest BCUT2D eigenvalue weighted by Crippen LogP contribution is -2.19. The van der Waals surface area contributed by atoms with Gasteiger partial charge < -0.3 is 0 Å². The van der Waals surface area contributed by atoms with Crippen LogP contribution in [0.15, 0.2) is 10.6 Å². The van der Waals surface area contributed by atoms with E-state index in [1.54, 1.807) is 5.51 Å². The summed E-state index contributed by atoms with van der Waals surface area (Å²) in [5.41, 5.74) is 5.32. The van der Waals surface area contributed by atoms with Crippen LogP contribution in [0.2, 0.25) is 0 Å². The highest BCUT2D eigenvalue weighted by Gasteiger charge is 2.10. The van der Waals surface area contributed by atoms with Crippen molar-refractivity contribution in [2.45, 2.75) is 20.8 Å². The Kier molecular flexibility index (Phi) is 3.13. The topological polar surface area (TPSA) is 54.4 Å². The first-order chi connectivity index (χ1) is 6.11. The number of nitrogens with one attached hydrogen (secondary N) is 1. The van der Waals surface area contributed by atoms with Crippen LogP contribution in [0.5, 0.6) is 0 Å². The number of hydrogen-bond donors (Lipinski definition) is 1. The number of hydrazone groups is 1. The molecule has 4 nitrogen and oxygen atoms in total. The second-order valence-electron chi connectivity index (χ2n) is 2.76. The fourth-order valence-electron chi connectivity index (χ4n) is 0.739. The number of amides is 1. The van der Waals surface area contributed by atoms with Gasteiger partial charge in [-0.1, -0.05) is 0 Å². The van der Waals surface area contributed by atoms with Gasteiger partial charge in [0.1, 0.15) is 5.69 Å². The monoisotopic (exact) mass is 197 g/mol. The summed E-state index contributed by atoms with van der Waals surface area (Å²) in [7, 11) is 0. The Morgan fingerprint density at radius 2 is 2.31 bits per heavy atom. The van der Waals surface area contributed by atoms with Crippen molar-refractivity contribution in [2.75, 3.05) is 0 Å². The van der Waals surface area contributed by atoms with Gasteiger partial charge in [-0.05, 0) is 20.8 Å². The Morgan fingerprint density at radius 3 is 2.77 bits per heavy atom. The third kappa shape index (κ3) is 2.62. The molecule has 0 aromatic carbocycles. The number of carbonyl (C=O) groups is 1. The van der Waals surface area contributed by atoms with Gasteiger partial charge in [0.2, 0.25) is 0 Å². The molecule has 0 saturated heterocycles. The van der Waals surface area contributed by atoms with Crippen molar-refractivity contribution >= 4 is 23.0 Å². The fourth-order valence-corrected chi connectivity index (χ4v) is 1.31. The Labute approximate surface area is 80.7 Å². The van der Waals surface area contributed by atoms with E-state index in [1.165, 1.54) is 11.3 Å². The van der Waals surface area contributed by atoms with Crippen LogP contribution < -0.4 is 5.43 Å². The highest BCUT2D eigenvalue weighted by molar-refractivity contribution is 7.09. The first-order valence-corrected chi connectivity index (χ1v) is 4.70. The molecule has 0 bridgehead atoms. The minimum atomic E-state index is -0.250. The molecule has 0 unspecified atom stereocenters. The number of thiazole rings is 1. The molecule has 1 N–H and O–H groups in total. The van der Waals surface area contributed by atoms with E-state index in [0.717, 1.165) is 10.6 Å². The SMILES string of the molecule is CC(C)=NNC(=O)c1ncsc1C. The van der Waals surface area contributed by atoms with Crippen LogP contribution in [-0.4, -0.2) is 16.6 Å². The molecule has 0 aliphatic rings. The molecule has 0 radical (unpaired) electrons. The van der Waals surface area contributed by atoms with E-state index in [0.29, 0.717) is 5.69 Å². The smallest absolute Gasteiger partial charge is 0.266 e. The quantitative estimate of drug-likeness (QED) is 0.578. The van der Waals surface area contributed by atoms with E-state index in [2.05, 4.69) is 15.5 Å². The number of aryl methyl sites for hydroxylation is 1. The van der Waals surface area contributed by atoms with Crippen LogP contribution >= 0.6 is 11.3 Å². The second-order valence-corrected chi connectivity index (χ2v) is 3.82. The standard InChI is InChI=1S/C8H11N3OS/c1-5(2)10-11-8(12)7-6(3)13-4-9-7/h4H,1-3H3,(H,11,12). The van der Waals surface area contributed by atoms with Gasteiger partial charge in [-0.15, -0.1) is 11.3 Å². The average Bonchev–Trinajstić information content (AvgIpc) is 2.47. The van der Waals surface area contributed by atoms with Crippen LogP contribution in [0.3, 0.4) is 0 Å². The van der Waals surface area contributed by atoms with Crippen molar-refractivity contribution in [3.8, 4) is 0 Å². The zero-order chi connectivity index (χ0) is 9.84. The summed E-state index contributed by atoms with van der Waals surface area (Å²) in [6, 6.07) is 0. The van der Waals surface area contributed by atoms with Gasteiger partial charge in [-0.2, -0.15) is 5.10 Å². The summed E-state index contributed by atoms with van der Waals surface area (Å²) >= 11 is 1.45. The summed E-state index contributed by atoms with van der Waals surface area (Å²) in [5.74, 6) is -0.250. The Morgan fingerprint density at radius 1 is 1.62 bits per heavy atom. The molecule has 1 rings (SSSR count). The van der Waals surface area contributed by atoms with Gasteiger partial charge >= 0.3 is 0 Å². The highest BCUT2D eigenvalue weighted by atomic mass is 32.1. The number of nitrogens with zero attached hydrogens (tertiary/aromatic N) is 2. The zero-order valence-electron chi connectivity index (χ0n) is 7.79. The number of hydrogen-bond acceptors (Lipinski definition) is 4. The van der Waals surface area contributed by atoms with E-state index < -0.39 is 0 Å². The van der Waals surface area contributed by atoms with Gasteiger partial charge in [0, 0.05) is 10.6 Å². The lowest BCUT2D eigenvalue weighted by Gasteiger charge is -1.97. The van der Waals surface area contributed by atoms with Gasteiger partial charge in [0.05, 0.1) is 5.51 Å². The van der Waals surface area contributed by atoms with Crippen LogP contribution in [0.1, 0.15) is 29.2 Å². The number of aromatic nitrogens is 1. The normalized spacial score (nSPS) is 9.46. The molecule has 1 aromatic rings. The predicted octanol–water partition coefficient (Wildman–Crippen LogP) is 1.58. The largest absolute Gasteiger partial charge is 0.291 e. The maximum Gasteiger partial charge on any atom is 0.291 e. The second kappa shape index (κ2) is 4.13. The van der Waals surface area contributed by atoms with E-state index in [9.17, 15) is 4.79 Å². The maximum atomic E-state index is 11.4. The molecule has 0 atom stereocenters. The van der Waals surface area contributed by atoms with Gasteiger partial charge in [-0.3, -0.25) is 4.79 Å². The molecule has 70 valence electrons. The minimum absolute atomic E-state index is 0.250. The lowest BCUT2D eigenvalue weighted by molar-refractivity contribution is 0.0950. The van der Waals surface area contributed by atoms with E-state index >= 15 is 0 Å². The van der Waals surface area contributed by atoms with Crippen molar-refractivity contribution < 1.29 is 4.79 Å². The third-order valence-corrected chi connectivity index (χ3v) is 2.10. The summed E-state index contributed by atoms with van der Waals surface area (Å²) in [4.78, 5) is 16.2. The van der Waals surface area contributed by atoms with E-state index in [-0.39, 0.29) is 5.91 Å². The molecule has 0 saturated carbocycles. The molecular weight excluding hydrogens is 186 g/mol. The molecule has 1 aromatic heterocycles. The Balaban J connectivity index is 2.70. The summed E-state index contributed by atoms with van der Waals surface area (Å²) in [6.07, 6.45) is 0. The average molecular weight is 197 g/mol. The molecule has 1 heterocycles. The van der Waals surface area contributed by atoms with Crippen LogP contribution in [-0.2, 0) is 0 Å². The van der Waals surface area contributed by atoms with Gasteiger partial charge in [0.15, 0.2) is 0 Å². The van der Waals surface area contributed by atoms with Crippen LogP contribution in [0, 0.1) is 6.92 Å². The molecule has 13 heavy (non-hydrogen) atoms. The van der Waals surface area contributed by atoms with Crippen molar-refractivity contribution in [3.05, 3.63) is 16.1 Å². The molecule has 0 aliphatic heterocycles. The lowest BCUT2D eigenvalue weighted by atomic mass is 10.4.